The van der Waals surface area contributed by atoms with E-state index in [-0.39, 0.29) is 17.4 Å². The number of rotatable bonds is 8. The molecular formula is C25H28ClNO5. The second kappa shape index (κ2) is 10.1. The van der Waals surface area contributed by atoms with Crippen LogP contribution in [0.25, 0.3) is 5.76 Å². The van der Waals surface area contributed by atoms with Gasteiger partial charge < -0.3 is 19.5 Å². The number of ketones is 1. The lowest BCUT2D eigenvalue weighted by Crippen LogP contribution is -2.30. The highest BCUT2D eigenvalue weighted by Crippen LogP contribution is 2.41. The van der Waals surface area contributed by atoms with E-state index in [0.717, 1.165) is 12.8 Å². The maximum atomic E-state index is 13.1. The number of likely N-dealkylation sites (tertiary alicyclic amines) is 1. The van der Waals surface area contributed by atoms with Gasteiger partial charge in [0, 0.05) is 12.1 Å². The molecule has 1 fully saturated rings. The number of hydrogen-bond donors (Lipinski definition) is 1. The average Bonchev–Trinajstić information content (AvgIpc) is 3.01. The first-order valence-corrected chi connectivity index (χ1v) is 11.0. The molecule has 7 heteroatoms. The number of unbranched alkanes of at least 4 members (excludes halogenated alkanes) is 1. The summed E-state index contributed by atoms with van der Waals surface area (Å²) in [5.41, 5.74) is 1.07. The molecule has 0 bridgehead atoms. The van der Waals surface area contributed by atoms with E-state index >= 15 is 0 Å². The van der Waals surface area contributed by atoms with Crippen LogP contribution in [0.15, 0.2) is 48.0 Å². The molecule has 0 aliphatic carbocycles. The Morgan fingerprint density at radius 2 is 1.94 bits per heavy atom. The van der Waals surface area contributed by atoms with Gasteiger partial charge in [0.1, 0.15) is 17.3 Å². The number of carbonyl (C=O) groups is 2. The van der Waals surface area contributed by atoms with Gasteiger partial charge in [-0.25, -0.2) is 0 Å². The molecule has 170 valence electrons. The molecule has 1 unspecified atom stereocenters. The summed E-state index contributed by atoms with van der Waals surface area (Å²) in [4.78, 5) is 27.5. The van der Waals surface area contributed by atoms with Crippen LogP contribution >= 0.6 is 11.6 Å². The van der Waals surface area contributed by atoms with Gasteiger partial charge in [0.15, 0.2) is 0 Å². The van der Waals surface area contributed by atoms with E-state index in [1.165, 1.54) is 18.1 Å². The number of Topliss-reactive ketones (excluding diaryl/α,β-unsaturated/α-hetero) is 1. The van der Waals surface area contributed by atoms with Crippen LogP contribution in [0.5, 0.6) is 11.5 Å². The summed E-state index contributed by atoms with van der Waals surface area (Å²) in [6.45, 7) is 6.27. The molecule has 1 aliphatic heterocycles. The topological polar surface area (TPSA) is 76.1 Å². The van der Waals surface area contributed by atoms with Crippen LogP contribution in [-0.2, 0) is 9.59 Å². The Morgan fingerprint density at radius 3 is 2.56 bits per heavy atom. The summed E-state index contributed by atoms with van der Waals surface area (Å²) in [6, 6.07) is 11.3. The van der Waals surface area contributed by atoms with Crippen molar-refractivity contribution in [2.45, 2.75) is 45.8 Å². The highest BCUT2D eigenvalue weighted by Gasteiger charge is 2.45. The zero-order valence-electron chi connectivity index (χ0n) is 18.7. The van der Waals surface area contributed by atoms with E-state index in [2.05, 4.69) is 0 Å². The fraction of sp³-hybridized carbons (Fsp3) is 0.360. The lowest BCUT2D eigenvalue weighted by Gasteiger charge is -2.25. The first kappa shape index (κ1) is 23.7. The molecule has 0 saturated carbocycles. The lowest BCUT2D eigenvalue weighted by molar-refractivity contribution is -0.139. The largest absolute Gasteiger partial charge is 0.507 e. The van der Waals surface area contributed by atoms with Crippen LogP contribution in [0.3, 0.4) is 0 Å². The lowest BCUT2D eigenvalue weighted by atomic mass is 9.95. The molecule has 0 aromatic heterocycles. The quantitative estimate of drug-likeness (QED) is 0.328. The highest BCUT2D eigenvalue weighted by atomic mass is 35.5. The molecule has 1 heterocycles. The number of nitrogens with zero attached hydrogens (tertiary/aromatic N) is 1. The van der Waals surface area contributed by atoms with Crippen molar-refractivity contribution >= 4 is 29.1 Å². The fourth-order valence-electron chi connectivity index (χ4n) is 3.78. The number of ether oxygens (including phenoxy) is 2. The molecule has 0 spiro atoms. The van der Waals surface area contributed by atoms with Crippen LogP contribution in [0.1, 0.15) is 50.8 Å². The van der Waals surface area contributed by atoms with Crippen molar-refractivity contribution < 1.29 is 24.2 Å². The van der Waals surface area contributed by atoms with Crippen LogP contribution < -0.4 is 9.47 Å². The molecule has 2 aromatic rings. The number of aliphatic hydroxyl groups excluding tert-OH is 1. The summed E-state index contributed by atoms with van der Waals surface area (Å²) < 4.78 is 11.0. The highest BCUT2D eigenvalue weighted by molar-refractivity contribution is 6.46. The van der Waals surface area contributed by atoms with Gasteiger partial charge >= 0.3 is 0 Å². The molecule has 1 atom stereocenters. The second-order valence-corrected chi connectivity index (χ2v) is 8.34. The van der Waals surface area contributed by atoms with Gasteiger partial charge in [-0.3, -0.25) is 9.59 Å². The summed E-state index contributed by atoms with van der Waals surface area (Å²) in [6.07, 6.45) is 1.57. The fourth-order valence-corrected chi connectivity index (χ4v) is 4.04. The number of benzene rings is 2. The van der Waals surface area contributed by atoms with Crippen LogP contribution in [0, 0.1) is 0 Å². The van der Waals surface area contributed by atoms with Crippen LogP contribution in [0.4, 0.5) is 0 Å². The molecule has 0 radical (unpaired) electrons. The maximum absolute atomic E-state index is 13.1. The normalized spacial score (nSPS) is 17.8. The summed E-state index contributed by atoms with van der Waals surface area (Å²) in [5.74, 6) is -0.537. The van der Waals surface area contributed by atoms with E-state index in [0.29, 0.717) is 34.2 Å². The van der Waals surface area contributed by atoms with Crippen molar-refractivity contribution in [3.05, 3.63) is 64.2 Å². The predicted molar refractivity (Wildman–Crippen MR) is 124 cm³/mol. The van der Waals surface area contributed by atoms with Gasteiger partial charge in [-0.2, -0.15) is 0 Å². The molecule has 1 saturated heterocycles. The average molecular weight is 458 g/mol. The van der Waals surface area contributed by atoms with E-state index in [4.69, 9.17) is 21.1 Å². The molecule has 3 rings (SSSR count). The molecule has 2 aromatic carbocycles. The number of hydrogen-bond acceptors (Lipinski definition) is 5. The zero-order chi connectivity index (χ0) is 23.4. The number of carbonyl (C=O) groups excluding carboxylic acids is 2. The third-order valence-electron chi connectivity index (χ3n) is 5.26. The number of amides is 1. The van der Waals surface area contributed by atoms with Gasteiger partial charge in [0.25, 0.3) is 11.7 Å². The maximum Gasteiger partial charge on any atom is 0.295 e. The summed E-state index contributed by atoms with van der Waals surface area (Å²) in [5, 5.41) is 11.4. The number of halogens is 1. The molecule has 1 aliphatic rings. The Kier molecular flexibility index (Phi) is 7.46. The Labute approximate surface area is 193 Å². The van der Waals surface area contributed by atoms with Crippen molar-refractivity contribution in [2.75, 3.05) is 13.7 Å². The Bertz CT molecular complexity index is 1050. The molecule has 32 heavy (non-hydrogen) atoms. The van der Waals surface area contributed by atoms with Gasteiger partial charge in [0.2, 0.25) is 0 Å². The molecule has 1 amide bonds. The van der Waals surface area contributed by atoms with Crippen LogP contribution in [-0.4, -0.2) is 41.5 Å². The van der Waals surface area contributed by atoms with Gasteiger partial charge in [-0.1, -0.05) is 37.1 Å². The van der Waals surface area contributed by atoms with Crippen LogP contribution in [0.2, 0.25) is 5.02 Å². The first-order valence-electron chi connectivity index (χ1n) is 10.7. The van der Waals surface area contributed by atoms with Crippen molar-refractivity contribution in [3.8, 4) is 11.5 Å². The van der Waals surface area contributed by atoms with Crippen molar-refractivity contribution in [3.63, 3.8) is 0 Å². The Hall–Kier alpha value is -2.99. The third-order valence-corrected chi connectivity index (χ3v) is 5.56. The van der Waals surface area contributed by atoms with Gasteiger partial charge in [-0.05, 0) is 56.2 Å². The standard InChI is InChI=1S/C25H28ClNO5/c1-5-6-12-27-22(16-8-7-9-18(13-16)32-15(2)3)21(24(29)25(27)30)23(28)17-10-11-20(31-4)19(26)14-17/h7-11,13-15,22,28H,5-6,12H2,1-4H3/b23-21+. The van der Waals surface area contributed by atoms with E-state index in [9.17, 15) is 14.7 Å². The second-order valence-electron chi connectivity index (χ2n) is 7.93. The molecule has 6 nitrogen and oxygen atoms in total. The van der Waals surface area contributed by atoms with Gasteiger partial charge in [-0.15, -0.1) is 0 Å². The minimum absolute atomic E-state index is 0.0295. The first-order chi connectivity index (χ1) is 15.3. The number of aliphatic hydroxyl groups is 1. The van der Waals surface area contributed by atoms with Crippen molar-refractivity contribution in [2.24, 2.45) is 0 Å². The molecular weight excluding hydrogens is 430 g/mol. The minimum atomic E-state index is -0.724. The predicted octanol–water partition coefficient (Wildman–Crippen LogP) is 5.36. The van der Waals surface area contributed by atoms with Crippen molar-refractivity contribution in [1.29, 1.82) is 0 Å². The zero-order valence-corrected chi connectivity index (χ0v) is 19.5. The van der Waals surface area contributed by atoms with E-state index in [1.807, 2.05) is 45.0 Å². The smallest absolute Gasteiger partial charge is 0.295 e. The SMILES string of the molecule is CCCCN1C(=O)C(=O)/C(=C(/O)c2ccc(OC)c(Cl)c2)C1c1cccc(OC(C)C)c1. The molecule has 1 N–H and O–H groups in total. The monoisotopic (exact) mass is 457 g/mol. The Balaban J connectivity index is 2.15. The summed E-state index contributed by atoms with van der Waals surface area (Å²) >= 11 is 6.23. The Morgan fingerprint density at radius 1 is 1.19 bits per heavy atom. The number of methoxy groups -OCH3 is 1. The third kappa shape index (κ3) is 4.75. The van der Waals surface area contributed by atoms with Crippen molar-refractivity contribution in [1.82, 2.24) is 4.90 Å². The van der Waals surface area contributed by atoms with E-state index < -0.39 is 17.7 Å². The van der Waals surface area contributed by atoms with Gasteiger partial charge in [0.05, 0.1) is 29.9 Å². The minimum Gasteiger partial charge on any atom is -0.507 e. The summed E-state index contributed by atoms with van der Waals surface area (Å²) in [7, 11) is 1.49. The van der Waals surface area contributed by atoms with E-state index in [1.54, 1.807) is 12.1 Å².